The summed E-state index contributed by atoms with van der Waals surface area (Å²) >= 11 is 1.65. The van der Waals surface area contributed by atoms with Crippen molar-refractivity contribution in [2.24, 2.45) is 0 Å². The Morgan fingerprint density at radius 3 is 2.12 bits per heavy atom. The van der Waals surface area contributed by atoms with E-state index in [0.717, 1.165) is 10.4 Å². The standard InChI is InChI=1S/C14H16OS/c1-9-6-10(2)8-12(7-9)14(15)13-5-4-11(3)16-13/h4-8,14-15H,1-3H3. The summed E-state index contributed by atoms with van der Waals surface area (Å²) in [4.78, 5) is 2.25. The third kappa shape index (κ3) is 2.34. The third-order valence-corrected chi connectivity index (χ3v) is 3.64. The van der Waals surface area contributed by atoms with Crippen molar-refractivity contribution >= 4 is 11.3 Å². The molecule has 0 aliphatic rings. The number of aryl methyl sites for hydroxylation is 3. The van der Waals surface area contributed by atoms with Gasteiger partial charge in [-0.05, 0) is 38.5 Å². The van der Waals surface area contributed by atoms with Gasteiger partial charge in [0.25, 0.3) is 0 Å². The summed E-state index contributed by atoms with van der Waals surface area (Å²) in [7, 11) is 0. The number of hydrogen-bond acceptors (Lipinski definition) is 2. The molecule has 1 N–H and O–H groups in total. The second-order valence-corrected chi connectivity index (χ2v) is 5.59. The summed E-state index contributed by atoms with van der Waals surface area (Å²) in [6.45, 7) is 6.17. The molecule has 1 aromatic heterocycles. The molecule has 1 unspecified atom stereocenters. The van der Waals surface area contributed by atoms with Gasteiger partial charge in [0.05, 0.1) is 0 Å². The first-order valence-corrected chi connectivity index (χ1v) is 6.20. The van der Waals surface area contributed by atoms with Crippen LogP contribution in [0.15, 0.2) is 30.3 Å². The summed E-state index contributed by atoms with van der Waals surface area (Å²) < 4.78 is 0. The molecule has 2 heteroatoms. The van der Waals surface area contributed by atoms with Crippen molar-refractivity contribution < 1.29 is 5.11 Å². The van der Waals surface area contributed by atoms with E-state index in [1.807, 2.05) is 24.3 Å². The molecule has 0 saturated heterocycles. The molecule has 0 aliphatic carbocycles. The zero-order chi connectivity index (χ0) is 11.7. The maximum absolute atomic E-state index is 10.3. The van der Waals surface area contributed by atoms with Gasteiger partial charge in [-0.3, -0.25) is 0 Å². The zero-order valence-electron chi connectivity index (χ0n) is 9.82. The first kappa shape index (κ1) is 11.4. The summed E-state index contributed by atoms with van der Waals surface area (Å²) in [6, 6.07) is 10.3. The van der Waals surface area contributed by atoms with Crippen molar-refractivity contribution in [2.45, 2.75) is 26.9 Å². The Balaban J connectivity index is 2.37. The Labute approximate surface area is 100 Å². The third-order valence-electron chi connectivity index (χ3n) is 2.59. The molecule has 1 atom stereocenters. The summed E-state index contributed by atoms with van der Waals surface area (Å²) in [6.07, 6.45) is -0.489. The molecule has 1 heterocycles. The minimum Gasteiger partial charge on any atom is -0.383 e. The maximum atomic E-state index is 10.3. The van der Waals surface area contributed by atoms with Crippen molar-refractivity contribution in [3.8, 4) is 0 Å². The highest BCUT2D eigenvalue weighted by Gasteiger charge is 2.12. The molecule has 0 aliphatic heterocycles. The second-order valence-electron chi connectivity index (χ2n) is 4.27. The number of rotatable bonds is 2. The minimum atomic E-state index is -0.489. The fourth-order valence-corrected chi connectivity index (χ4v) is 2.82. The van der Waals surface area contributed by atoms with E-state index in [0.29, 0.717) is 0 Å². The predicted octanol–water partition coefficient (Wildman–Crippen LogP) is 3.76. The zero-order valence-corrected chi connectivity index (χ0v) is 10.6. The largest absolute Gasteiger partial charge is 0.383 e. The van der Waals surface area contributed by atoms with Crippen LogP contribution in [-0.2, 0) is 0 Å². The van der Waals surface area contributed by atoms with Crippen LogP contribution in [0.5, 0.6) is 0 Å². The fraction of sp³-hybridized carbons (Fsp3) is 0.286. The van der Waals surface area contributed by atoms with E-state index in [9.17, 15) is 5.11 Å². The van der Waals surface area contributed by atoms with Gasteiger partial charge in [-0.15, -0.1) is 11.3 Å². The Bertz CT molecular complexity index is 479. The molecule has 2 rings (SSSR count). The van der Waals surface area contributed by atoms with Crippen LogP contribution < -0.4 is 0 Å². The minimum absolute atomic E-state index is 0.489. The Hall–Kier alpha value is -1.12. The molecular weight excluding hydrogens is 216 g/mol. The molecule has 0 fully saturated rings. The first-order valence-electron chi connectivity index (χ1n) is 5.39. The van der Waals surface area contributed by atoms with Crippen LogP contribution >= 0.6 is 11.3 Å². The van der Waals surface area contributed by atoms with Crippen molar-refractivity contribution in [3.63, 3.8) is 0 Å². The average Bonchev–Trinajstić information content (AvgIpc) is 2.62. The highest BCUT2D eigenvalue weighted by molar-refractivity contribution is 7.12. The number of aliphatic hydroxyl groups excluding tert-OH is 1. The molecule has 84 valence electrons. The molecule has 1 nitrogen and oxygen atoms in total. The Kier molecular flexibility index (Phi) is 3.13. The van der Waals surface area contributed by atoms with Crippen LogP contribution in [0.4, 0.5) is 0 Å². The van der Waals surface area contributed by atoms with Crippen LogP contribution in [0.1, 0.15) is 32.5 Å². The quantitative estimate of drug-likeness (QED) is 0.836. The molecule has 2 aromatic rings. The Morgan fingerprint density at radius 1 is 1.00 bits per heavy atom. The molecule has 1 aromatic carbocycles. The summed E-state index contributed by atoms with van der Waals surface area (Å²) in [5.74, 6) is 0. The van der Waals surface area contributed by atoms with Crippen LogP contribution in [0, 0.1) is 20.8 Å². The van der Waals surface area contributed by atoms with E-state index in [1.54, 1.807) is 11.3 Å². The van der Waals surface area contributed by atoms with E-state index in [-0.39, 0.29) is 0 Å². The molecule has 0 bridgehead atoms. The van der Waals surface area contributed by atoms with Crippen LogP contribution in [0.2, 0.25) is 0 Å². The lowest BCUT2D eigenvalue weighted by molar-refractivity contribution is 0.224. The van der Waals surface area contributed by atoms with Gasteiger partial charge in [-0.1, -0.05) is 29.3 Å². The van der Waals surface area contributed by atoms with Gasteiger partial charge in [0, 0.05) is 9.75 Å². The van der Waals surface area contributed by atoms with Gasteiger partial charge < -0.3 is 5.11 Å². The van der Waals surface area contributed by atoms with Gasteiger partial charge in [0.1, 0.15) is 6.10 Å². The van der Waals surface area contributed by atoms with E-state index < -0.39 is 6.10 Å². The van der Waals surface area contributed by atoms with E-state index >= 15 is 0 Å². The first-order chi connectivity index (χ1) is 7.56. The van der Waals surface area contributed by atoms with Crippen molar-refractivity contribution in [1.82, 2.24) is 0 Å². The molecular formula is C14H16OS. The average molecular weight is 232 g/mol. The summed E-state index contributed by atoms with van der Waals surface area (Å²) in [5, 5.41) is 10.3. The number of benzene rings is 1. The smallest absolute Gasteiger partial charge is 0.113 e. The highest BCUT2D eigenvalue weighted by atomic mass is 32.1. The normalized spacial score (nSPS) is 12.8. The lowest BCUT2D eigenvalue weighted by atomic mass is 10.0. The lowest BCUT2D eigenvalue weighted by Gasteiger charge is -2.11. The SMILES string of the molecule is Cc1cc(C)cc(C(O)c2ccc(C)s2)c1. The number of aliphatic hydroxyl groups is 1. The second kappa shape index (κ2) is 4.40. The monoisotopic (exact) mass is 232 g/mol. The molecule has 16 heavy (non-hydrogen) atoms. The van der Waals surface area contributed by atoms with Crippen LogP contribution in [-0.4, -0.2) is 5.11 Å². The Morgan fingerprint density at radius 2 is 1.62 bits per heavy atom. The van der Waals surface area contributed by atoms with Crippen LogP contribution in [0.3, 0.4) is 0 Å². The lowest BCUT2D eigenvalue weighted by Crippen LogP contribution is -1.98. The van der Waals surface area contributed by atoms with E-state index in [1.165, 1.54) is 16.0 Å². The molecule has 0 radical (unpaired) electrons. The highest BCUT2D eigenvalue weighted by Crippen LogP contribution is 2.29. The van der Waals surface area contributed by atoms with E-state index in [4.69, 9.17) is 0 Å². The van der Waals surface area contributed by atoms with Crippen molar-refractivity contribution in [1.29, 1.82) is 0 Å². The van der Waals surface area contributed by atoms with Gasteiger partial charge in [-0.25, -0.2) is 0 Å². The van der Waals surface area contributed by atoms with E-state index in [2.05, 4.69) is 26.8 Å². The maximum Gasteiger partial charge on any atom is 0.113 e. The van der Waals surface area contributed by atoms with Gasteiger partial charge in [-0.2, -0.15) is 0 Å². The predicted molar refractivity (Wildman–Crippen MR) is 69.0 cm³/mol. The number of hydrogen-bond donors (Lipinski definition) is 1. The topological polar surface area (TPSA) is 20.2 Å². The number of thiophene rings is 1. The summed E-state index contributed by atoms with van der Waals surface area (Å²) in [5.41, 5.74) is 3.38. The van der Waals surface area contributed by atoms with Crippen molar-refractivity contribution in [3.05, 3.63) is 56.8 Å². The van der Waals surface area contributed by atoms with Crippen molar-refractivity contribution in [2.75, 3.05) is 0 Å². The molecule has 0 amide bonds. The molecule has 0 saturated carbocycles. The fourth-order valence-electron chi connectivity index (χ4n) is 1.93. The van der Waals surface area contributed by atoms with Gasteiger partial charge in [0.2, 0.25) is 0 Å². The van der Waals surface area contributed by atoms with Crippen LogP contribution in [0.25, 0.3) is 0 Å². The van der Waals surface area contributed by atoms with Gasteiger partial charge >= 0.3 is 0 Å². The molecule has 0 spiro atoms. The van der Waals surface area contributed by atoms with Gasteiger partial charge in [0.15, 0.2) is 0 Å².